The molecule has 294 valence electrons. The van der Waals surface area contributed by atoms with Crippen LogP contribution < -0.4 is 10.2 Å². The van der Waals surface area contributed by atoms with Crippen LogP contribution in [0.1, 0.15) is 17.5 Å². The minimum Gasteiger partial charge on any atom is -0.510 e. The first kappa shape index (κ1) is 39.4. The highest BCUT2D eigenvalue weighted by atomic mass is 16.7. The van der Waals surface area contributed by atoms with Crippen LogP contribution in [0, 0.1) is 0 Å². The molecule has 2 aromatic carbocycles. The summed E-state index contributed by atoms with van der Waals surface area (Å²) in [5.74, 6) is -2.96. The predicted molar refractivity (Wildman–Crippen MR) is 177 cm³/mol. The van der Waals surface area contributed by atoms with Crippen LogP contribution in [0.5, 0.6) is 11.5 Å². The number of carboxylic acids is 1. The summed E-state index contributed by atoms with van der Waals surface area (Å²) >= 11 is 0. The minimum absolute atomic E-state index is 0.0324. The number of carboxylic acid groups (broad SMARTS) is 1. The first-order valence-electron chi connectivity index (χ1n) is 16.9. The van der Waals surface area contributed by atoms with E-state index >= 15 is 0 Å². The smallest absolute Gasteiger partial charge is 0.331 e. The number of aliphatic hydroxyl groups excluding tert-OH is 8. The number of aliphatic hydroxyl groups is 8. The molecule has 0 radical (unpaired) electrons. The largest absolute Gasteiger partial charge is 0.510 e. The van der Waals surface area contributed by atoms with Gasteiger partial charge in [0.15, 0.2) is 18.3 Å². The third-order valence-electron chi connectivity index (χ3n) is 9.64. The molecule has 3 heterocycles. The monoisotopic (exact) mass is 764 g/mol. The maximum atomic E-state index is 13.9. The molecule has 2 fully saturated rings. The number of phenolic OH excluding ortho intramolecular Hbond substituents is 1. The van der Waals surface area contributed by atoms with E-state index in [2.05, 4.69) is 0 Å². The first-order valence-corrected chi connectivity index (χ1v) is 16.9. The lowest BCUT2D eigenvalue weighted by atomic mass is 9.96. The van der Waals surface area contributed by atoms with E-state index < -0.39 is 122 Å². The summed E-state index contributed by atoms with van der Waals surface area (Å²) in [5.41, 5.74) is -0.0352. The zero-order valence-electron chi connectivity index (χ0n) is 28.3. The lowest BCUT2D eigenvalue weighted by Crippen LogP contribution is -2.64. The van der Waals surface area contributed by atoms with Gasteiger partial charge in [0.2, 0.25) is 5.43 Å². The second-order valence-corrected chi connectivity index (χ2v) is 13.3. The topological polar surface area (TPSA) is 309 Å². The van der Waals surface area contributed by atoms with E-state index in [1.807, 2.05) is 0 Å². The molecule has 2 aromatic rings. The number of fused-ring (bicyclic) bond motifs is 2. The summed E-state index contributed by atoms with van der Waals surface area (Å²) in [5, 5.41) is 103. The maximum absolute atomic E-state index is 13.9. The highest BCUT2D eigenvalue weighted by molar-refractivity contribution is 5.91. The van der Waals surface area contributed by atoms with Gasteiger partial charge in [-0.1, -0.05) is 18.2 Å². The molecular formula is C35H40O19. The molecule has 0 spiro atoms. The van der Waals surface area contributed by atoms with E-state index in [-0.39, 0.29) is 41.5 Å². The maximum Gasteiger partial charge on any atom is 0.331 e. The normalized spacial score (nSPS) is 33.8. The standard InChI is InChI=1S/C35H40O19/c36-11-21-33(30(45)31(46)34(48)52-21)54-35-32(47)29(44)28(43)22(53-35)12-50-20-6-13(3-4-49-19-10-18-16(7-17(19)37)9-24(40)51-18)5-14-1-2-15(8-23(38)39)26(41)25(14)27(20)42/h1-2,5-7,9,18-19,21-22,28-37,41,43-48H,3-4,8,10-12H2,(H,38,39). The molecule has 4 aliphatic rings. The average Bonchev–Trinajstić information content (AvgIpc) is 3.42. The van der Waals surface area contributed by atoms with E-state index in [1.165, 1.54) is 36.4 Å². The Labute approximate surface area is 305 Å². The van der Waals surface area contributed by atoms with E-state index in [0.29, 0.717) is 11.1 Å². The number of esters is 1. The van der Waals surface area contributed by atoms with Crippen molar-refractivity contribution in [3.05, 3.63) is 69.1 Å². The van der Waals surface area contributed by atoms with Crippen LogP contribution in [-0.2, 0) is 46.1 Å². The molecule has 2 saturated heterocycles. The number of aromatic hydroxyl groups is 1. The molecule has 0 aromatic heterocycles. The molecule has 6 rings (SSSR count). The summed E-state index contributed by atoms with van der Waals surface area (Å²) in [6.07, 6.45) is -16.8. The van der Waals surface area contributed by atoms with Crippen LogP contribution in [0.4, 0.5) is 0 Å². The van der Waals surface area contributed by atoms with Gasteiger partial charge < -0.3 is 79.5 Å². The summed E-state index contributed by atoms with van der Waals surface area (Å²) < 4.78 is 33.2. The van der Waals surface area contributed by atoms with Gasteiger partial charge in [-0.15, -0.1) is 0 Å². The van der Waals surface area contributed by atoms with Crippen molar-refractivity contribution in [3.8, 4) is 11.5 Å². The van der Waals surface area contributed by atoms with Crippen molar-refractivity contribution < 1.29 is 89.1 Å². The van der Waals surface area contributed by atoms with Crippen molar-refractivity contribution in [1.29, 1.82) is 0 Å². The van der Waals surface area contributed by atoms with Crippen molar-refractivity contribution in [3.63, 3.8) is 0 Å². The number of phenols is 1. The van der Waals surface area contributed by atoms with Gasteiger partial charge in [0.05, 0.1) is 25.0 Å². The number of aliphatic carboxylic acids is 1. The fraction of sp³-hybridized carbons (Fsp3) is 0.514. The SMILES string of the molecule is O=C(O)Cc1ccc2cc(CCOC3CC4OC(=O)C=C4C=C3O)cc(OCC3OC(OC4C(CO)OC(O)C(O)C4O)C(O)C(O)C3O)c(=O)c2c1O. The number of carbonyl (C=O) groups is 2. The Morgan fingerprint density at radius 1 is 0.889 bits per heavy atom. The number of carbonyl (C=O) groups excluding carboxylic acids is 1. The first-order chi connectivity index (χ1) is 25.7. The third kappa shape index (κ3) is 8.07. The Morgan fingerprint density at radius 2 is 1.65 bits per heavy atom. The van der Waals surface area contributed by atoms with Crippen LogP contribution in [0.3, 0.4) is 0 Å². The summed E-state index contributed by atoms with van der Waals surface area (Å²) in [6, 6.07) is 5.62. The Bertz CT molecular complexity index is 1860. The molecule has 54 heavy (non-hydrogen) atoms. The molecular weight excluding hydrogens is 724 g/mol. The fourth-order valence-corrected chi connectivity index (χ4v) is 6.73. The lowest BCUT2D eigenvalue weighted by molar-refractivity contribution is -0.354. The highest BCUT2D eigenvalue weighted by Gasteiger charge is 2.50. The van der Waals surface area contributed by atoms with E-state index in [9.17, 15) is 65.4 Å². The molecule has 0 saturated carbocycles. The van der Waals surface area contributed by atoms with E-state index in [4.69, 9.17) is 28.4 Å². The predicted octanol–water partition coefficient (Wildman–Crippen LogP) is -2.84. The summed E-state index contributed by atoms with van der Waals surface area (Å²) in [6.45, 7) is -1.53. The number of ether oxygens (including phenoxy) is 6. The molecule has 12 atom stereocenters. The Kier molecular flexibility index (Phi) is 11.9. The van der Waals surface area contributed by atoms with E-state index in [1.54, 1.807) is 0 Å². The quantitative estimate of drug-likeness (QED) is 0.0974. The van der Waals surface area contributed by atoms with Crippen molar-refractivity contribution in [2.24, 2.45) is 0 Å². The van der Waals surface area contributed by atoms with Crippen molar-refractivity contribution in [2.45, 2.75) is 92.9 Å². The number of hydrogen-bond donors (Lipinski definition) is 10. The second kappa shape index (κ2) is 16.2. The van der Waals surface area contributed by atoms with Crippen LogP contribution >= 0.6 is 0 Å². The minimum atomic E-state index is -1.95. The number of rotatable bonds is 12. The van der Waals surface area contributed by atoms with Crippen molar-refractivity contribution in [1.82, 2.24) is 0 Å². The van der Waals surface area contributed by atoms with Gasteiger partial charge in [-0.2, -0.15) is 0 Å². The molecule has 0 amide bonds. The molecule has 10 N–H and O–H groups in total. The van der Waals surface area contributed by atoms with Gasteiger partial charge in [-0.3, -0.25) is 9.59 Å². The van der Waals surface area contributed by atoms with Gasteiger partial charge in [0.1, 0.15) is 79.2 Å². The van der Waals surface area contributed by atoms with Gasteiger partial charge in [-0.25, -0.2) is 4.79 Å². The molecule has 1 aliphatic carbocycles. The van der Waals surface area contributed by atoms with Gasteiger partial charge in [-0.05, 0) is 29.5 Å². The zero-order chi connectivity index (χ0) is 39.0. The summed E-state index contributed by atoms with van der Waals surface area (Å²) in [4.78, 5) is 37.0. The van der Waals surface area contributed by atoms with Gasteiger partial charge in [0.25, 0.3) is 0 Å². The fourth-order valence-electron chi connectivity index (χ4n) is 6.73. The van der Waals surface area contributed by atoms with Crippen LogP contribution in [0.2, 0.25) is 0 Å². The van der Waals surface area contributed by atoms with Crippen LogP contribution in [0.25, 0.3) is 10.8 Å². The molecule has 0 bridgehead atoms. The van der Waals surface area contributed by atoms with Gasteiger partial charge in [0, 0.05) is 23.6 Å². The van der Waals surface area contributed by atoms with Gasteiger partial charge >= 0.3 is 11.9 Å². The lowest BCUT2D eigenvalue weighted by Gasteiger charge is -2.45. The number of benzene rings is 1. The van der Waals surface area contributed by atoms with Crippen molar-refractivity contribution in [2.75, 3.05) is 19.8 Å². The van der Waals surface area contributed by atoms with Crippen molar-refractivity contribution >= 4 is 22.7 Å². The van der Waals surface area contributed by atoms with E-state index in [0.717, 1.165) is 0 Å². The molecule has 19 nitrogen and oxygen atoms in total. The van der Waals surface area contributed by atoms with Crippen LogP contribution in [0.15, 0.2) is 52.5 Å². The Balaban J connectivity index is 1.24. The summed E-state index contributed by atoms with van der Waals surface area (Å²) in [7, 11) is 0. The van der Waals surface area contributed by atoms with Crippen LogP contribution in [-0.4, -0.2) is 156 Å². The Hall–Kier alpha value is -4.25. The zero-order valence-corrected chi connectivity index (χ0v) is 28.3. The Morgan fingerprint density at radius 3 is 2.37 bits per heavy atom. The average molecular weight is 765 g/mol. The molecule has 3 aliphatic heterocycles. The molecule has 19 heteroatoms. The highest BCUT2D eigenvalue weighted by Crippen LogP contribution is 2.33. The number of hydrogen-bond acceptors (Lipinski definition) is 18. The second-order valence-electron chi connectivity index (χ2n) is 13.3. The molecule has 12 unspecified atom stereocenters. The third-order valence-corrected chi connectivity index (χ3v) is 9.64.